The van der Waals surface area contributed by atoms with E-state index in [4.69, 9.17) is 9.68 Å². The highest BCUT2D eigenvalue weighted by atomic mass is 16.3. The maximum Gasteiger partial charge on any atom is 0.262 e. The number of furan rings is 1. The minimum absolute atomic E-state index is 0.0154. The van der Waals surface area contributed by atoms with E-state index in [-0.39, 0.29) is 5.57 Å². The van der Waals surface area contributed by atoms with E-state index in [2.05, 4.69) is 5.32 Å². The largest absolute Gasteiger partial charge is 0.465 e. The first-order valence-corrected chi connectivity index (χ1v) is 7.21. The van der Waals surface area contributed by atoms with Gasteiger partial charge in [-0.1, -0.05) is 12.1 Å². The molecule has 1 N–H and O–H groups in total. The van der Waals surface area contributed by atoms with Gasteiger partial charge in [0.05, 0.1) is 6.26 Å². The lowest BCUT2D eigenvalue weighted by Gasteiger charge is -2.16. The van der Waals surface area contributed by atoms with Gasteiger partial charge < -0.3 is 14.6 Å². The van der Waals surface area contributed by atoms with Gasteiger partial charge in [-0.05, 0) is 36.2 Å². The average molecular weight is 309 g/mol. The molecule has 1 aromatic heterocycles. The number of nitriles is 1. The molecular weight excluding hydrogens is 290 g/mol. The molecule has 5 nitrogen and oxygen atoms in total. The molecule has 0 aliphatic carbocycles. The third kappa shape index (κ3) is 4.24. The maximum atomic E-state index is 12.1. The van der Waals surface area contributed by atoms with Gasteiger partial charge in [-0.3, -0.25) is 4.79 Å². The van der Waals surface area contributed by atoms with Crippen LogP contribution in [-0.2, 0) is 11.3 Å². The Morgan fingerprint density at radius 1 is 1.39 bits per heavy atom. The van der Waals surface area contributed by atoms with Crippen molar-refractivity contribution in [2.24, 2.45) is 0 Å². The number of nitrogens with one attached hydrogen (secondary N) is 1. The van der Waals surface area contributed by atoms with Crippen LogP contribution >= 0.6 is 0 Å². The Balaban J connectivity index is 2.04. The lowest BCUT2D eigenvalue weighted by atomic mass is 10.1. The predicted molar refractivity (Wildman–Crippen MR) is 89.7 cm³/mol. The van der Waals surface area contributed by atoms with Crippen molar-refractivity contribution < 1.29 is 9.21 Å². The van der Waals surface area contributed by atoms with Gasteiger partial charge in [-0.25, -0.2) is 0 Å². The molecule has 0 aliphatic rings. The maximum absolute atomic E-state index is 12.1. The summed E-state index contributed by atoms with van der Waals surface area (Å²) in [5.74, 6) is 0.0566. The molecule has 0 saturated carbocycles. The Morgan fingerprint density at radius 3 is 2.74 bits per heavy atom. The van der Waals surface area contributed by atoms with Gasteiger partial charge in [0.15, 0.2) is 0 Å². The predicted octanol–water partition coefficient (Wildman–Crippen LogP) is 2.88. The van der Waals surface area contributed by atoms with Crippen LogP contribution in [-0.4, -0.2) is 20.0 Å². The Kier molecular flexibility index (Phi) is 5.21. The molecule has 0 saturated heterocycles. The molecule has 118 valence electrons. The number of aryl methyl sites for hydroxylation is 1. The summed E-state index contributed by atoms with van der Waals surface area (Å²) >= 11 is 0. The van der Waals surface area contributed by atoms with Crippen LogP contribution in [0.4, 0.5) is 5.69 Å². The summed E-state index contributed by atoms with van der Waals surface area (Å²) in [6.45, 7) is 2.39. The van der Waals surface area contributed by atoms with Crippen LogP contribution in [0, 0.1) is 18.3 Å². The fourth-order valence-electron chi connectivity index (χ4n) is 2.27. The van der Waals surface area contributed by atoms with E-state index in [0.717, 1.165) is 16.8 Å². The Labute approximate surface area is 135 Å². The number of anilines is 1. The number of hydrogen-bond donors (Lipinski definition) is 1. The summed E-state index contributed by atoms with van der Waals surface area (Å²) < 4.78 is 5.12. The highest BCUT2D eigenvalue weighted by molar-refractivity contribution is 6.01. The van der Waals surface area contributed by atoms with Crippen molar-refractivity contribution >= 4 is 17.7 Å². The summed E-state index contributed by atoms with van der Waals surface area (Å²) in [7, 11) is 3.98. The Morgan fingerprint density at radius 2 is 2.17 bits per heavy atom. The topological polar surface area (TPSA) is 69.3 Å². The fraction of sp³-hybridized carbons (Fsp3) is 0.222. The number of carbonyl (C=O) groups excluding carboxylic acids is 1. The standard InChI is InChI=1S/C18H19N3O2/c1-13-9-14(6-7-17(13)21(2)3)12-20-18(22)15(11-19)10-16-5-4-8-23-16/h4-10H,12H2,1-3H3,(H,20,22). The van der Waals surface area contributed by atoms with Crippen LogP contribution in [0.5, 0.6) is 0 Å². The molecular formula is C18H19N3O2. The molecule has 0 atom stereocenters. The lowest BCUT2D eigenvalue weighted by molar-refractivity contribution is -0.117. The van der Waals surface area contributed by atoms with E-state index in [1.807, 2.05) is 50.2 Å². The molecule has 1 amide bonds. The molecule has 2 rings (SSSR count). The van der Waals surface area contributed by atoms with Crippen LogP contribution in [0.1, 0.15) is 16.9 Å². The number of carbonyl (C=O) groups is 1. The van der Waals surface area contributed by atoms with Crippen molar-refractivity contribution in [1.29, 1.82) is 5.26 Å². The molecule has 5 heteroatoms. The second-order valence-corrected chi connectivity index (χ2v) is 5.38. The zero-order valence-corrected chi connectivity index (χ0v) is 13.5. The number of benzene rings is 1. The number of hydrogen-bond acceptors (Lipinski definition) is 4. The van der Waals surface area contributed by atoms with E-state index >= 15 is 0 Å². The van der Waals surface area contributed by atoms with Crippen molar-refractivity contribution in [3.05, 3.63) is 59.1 Å². The smallest absolute Gasteiger partial charge is 0.262 e. The monoisotopic (exact) mass is 309 g/mol. The molecule has 0 spiro atoms. The highest BCUT2D eigenvalue weighted by Crippen LogP contribution is 2.19. The molecule has 0 bridgehead atoms. The number of amides is 1. The van der Waals surface area contributed by atoms with E-state index in [0.29, 0.717) is 12.3 Å². The van der Waals surface area contributed by atoms with E-state index in [9.17, 15) is 4.79 Å². The molecule has 1 heterocycles. The molecule has 0 fully saturated rings. The van der Waals surface area contributed by atoms with Gasteiger partial charge >= 0.3 is 0 Å². The van der Waals surface area contributed by atoms with Crippen LogP contribution in [0.3, 0.4) is 0 Å². The first-order chi connectivity index (χ1) is 11.0. The van der Waals surface area contributed by atoms with Gasteiger partial charge in [-0.15, -0.1) is 0 Å². The molecule has 0 aliphatic heterocycles. The third-order valence-electron chi connectivity index (χ3n) is 3.39. The SMILES string of the molecule is Cc1cc(CNC(=O)C(C#N)=Cc2ccco2)ccc1N(C)C. The van der Waals surface area contributed by atoms with Gasteiger partial charge in [0.1, 0.15) is 17.4 Å². The van der Waals surface area contributed by atoms with E-state index in [1.165, 1.54) is 12.3 Å². The minimum Gasteiger partial charge on any atom is -0.465 e. The van der Waals surface area contributed by atoms with Gasteiger partial charge in [0.25, 0.3) is 5.91 Å². The average Bonchev–Trinajstić information content (AvgIpc) is 3.03. The van der Waals surface area contributed by atoms with Crippen molar-refractivity contribution in [1.82, 2.24) is 5.32 Å². The fourth-order valence-corrected chi connectivity index (χ4v) is 2.27. The molecule has 2 aromatic rings. The van der Waals surface area contributed by atoms with Crippen LogP contribution in [0.2, 0.25) is 0 Å². The molecule has 1 aromatic carbocycles. The van der Waals surface area contributed by atoms with Crippen molar-refractivity contribution in [3.8, 4) is 6.07 Å². The number of rotatable bonds is 5. The quantitative estimate of drug-likeness (QED) is 0.681. The summed E-state index contributed by atoms with van der Waals surface area (Å²) in [5.41, 5.74) is 3.27. The molecule has 23 heavy (non-hydrogen) atoms. The Hall–Kier alpha value is -3.00. The first-order valence-electron chi connectivity index (χ1n) is 7.21. The summed E-state index contributed by atoms with van der Waals surface area (Å²) in [6, 6.07) is 11.3. The van der Waals surface area contributed by atoms with Gasteiger partial charge in [0, 0.05) is 32.4 Å². The summed E-state index contributed by atoms with van der Waals surface area (Å²) in [4.78, 5) is 14.1. The van der Waals surface area contributed by atoms with Gasteiger partial charge in [-0.2, -0.15) is 5.26 Å². The summed E-state index contributed by atoms with van der Waals surface area (Å²) in [5, 5.41) is 11.9. The van der Waals surface area contributed by atoms with Crippen molar-refractivity contribution in [2.75, 3.05) is 19.0 Å². The highest BCUT2D eigenvalue weighted by Gasteiger charge is 2.10. The van der Waals surface area contributed by atoms with Crippen molar-refractivity contribution in [3.63, 3.8) is 0 Å². The van der Waals surface area contributed by atoms with E-state index in [1.54, 1.807) is 12.1 Å². The van der Waals surface area contributed by atoms with Gasteiger partial charge in [0.2, 0.25) is 0 Å². The summed E-state index contributed by atoms with van der Waals surface area (Å²) in [6.07, 6.45) is 2.92. The minimum atomic E-state index is -0.418. The molecule has 0 unspecified atom stereocenters. The lowest BCUT2D eigenvalue weighted by Crippen LogP contribution is -2.24. The van der Waals surface area contributed by atoms with Crippen LogP contribution in [0.15, 0.2) is 46.6 Å². The molecule has 0 radical (unpaired) electrons. The normalized spacial score (nSPS) is 11.0. The van der Waals surface area contributed by atoms with Crippen LogP contribution < -0.4 is 10.2 Å². The second-order valence-electron chi connectivity index (χ2n) is 5.38. The van der Waals surface area contributed by atoms with E-state index < -0.39 is 5.91 Å². The zero-order chi connectivity index (χ0) is 16.8. The third-order valence-corrected chi connectivity index (χ3v) is 3.39. The Bertz CT molecular complexity index is 753. The second kappa shape index (κ2) is 7.32. The zero-order valence-electron chi connectivity index (χ0n) is 13.5. The number of nitrogens with zero attached hydrogens (tertiary/aromatic N) is 2. The first kappa shape index (κ1) is 16.4. The van der Waals surface area contributed by atoms with Crippen LogP contribution in [0.25, 0.3) is 6.08 Å². The van der Waals surface area contributed by atoms with Crippen molar-refractivity contribution in [2.45, 2.75) is 13.5 Å².